The van der Waals surface area contributed by atoms with Gasteiger partial charge in [-0.3, -0.25) is 0 Å². The highest BCUT2D eigenvalue weighted by Crippen LogP contribution is 2.26. The van der Waals surface area contributed by atoms with Crippen LogP contribution in [0.3, 0.4) is 0 Å². The van der Waals surface area contributed by atoms with Crippen LogP contribution < -0.4 is 5.32 Å². The lowest BCUT2D eigenvalue weighted by molar-refractivity contribution is 0.626. The molecular weight excluding hydrogens is 384 g/mol. The summed E-state index contributed by atoms with van der Waals surface area (Å²) < 4.78 is 15.1. The Morgan fingerprint density at radius 2 is 1.89 bits per heavy atom. The molecule has 0 heterocycles. The van der Waals surface area contributed by atoms with Crippen LogP contribution in [0.1, 0.15) is 5.56 Å². The van der Waals surface area contributed by atoms with Crippen molar-refractivity contribution in [2.75, 3.05) is 5.32 Å². The van der Waals surface area contributed by atoms with Crippen molar-refractivity contribution in [2.24, 2.45) is 0 Å². The fourth-order valence-corrected chi connectivity index (χ4v) is 2.97. The van der Waals surface area contributed by atoms with Crippen molar-refractivity contribution in [2.45, 2.75) is 6.54 Å². The van der Waals surface area contributed by atoms with E-state index in [0.717, 1.165) is 20.2 Å². The Kier molecular flexibility index (Phi) is 4.65. The maximum absolute atomic E-state index is 13.2. The SMILES string of the molecule is Fc1cc(Cl)cc(CNc2ccc(Br)cc2Br)c1. The summed E-state index contributed by atoms with van der Waals surface area (Å²) >= 11 is 12.6. The van der Waals surface area contributed by atoms with Gasteiger partial charge in [-0.25, -0.2) is 4.39 Å². The van der Waals surface area contributed by atoms with Gasteiger partial charge in [0.2, 0.25) is 0 Å². The van der Waals surface area contributed by atoms with Gasteiger partial charge < -0.3 is 5.32 Å². The third-order valence-corrected chi connectivity index (χ3v) is 3.70. The van der Waals surface area contributed by atoms with E-state index in [1.165, 1.54) is 12.1 Å². The van der Waals surface area contributed by atoms with Crippen LogP contribution in [0.2, 0.25) is 5.02 Å². The lowest BCUT2D eigenvalue weighted by atomic mass is 10.2. The second-order valence-corrected chi connectivity index (χ2v) is 5.96. The Hall–Kier alpha value is -0.580. The molecule has 2 aromatic carbocycles. The topological polar surface area (TPSA) is 12.0 Å². The molecule has 0 aliphatic heterocycles. The molecular formula is C13H9Br2ClFN. The minimum atomic E-state index is -0.325. The summed E-state index contributed by atoms with van der Waals surface area (Å²) in [6.45, 7) is 0.512. The average molecular weight is 393 g/mol. The number of hydrogen-bond donors (Lipinski definition) is 1. The minimum Gasteiger partial charge on any atom is -0.380 e. The van der Waals surface area contributed by atoms with E-state index in [2.05, 4.69) is 37.2 Å². The molecule has 0 saturated heterocycles. The fraction of sp³-hybridized carbons (Fsp3) is 0.0769. The highest BCUT2D eigenvalue weighted by Gasteiger charge is 2.02. The predicted molar refractivity (Wildman–Crippen MR) is 80.6 cm³/mol. The van der Waals surface area contributed by atoms with Crippen molar-refractivity contribution in [1.29, 1.82) is 0 Å². The van der Waals surface area contributed by atoms with E-state index in [-0.39, 0.29) is 5.82 Å². The first kappa shape index (κ1) is 13.8. The average Bonchev–Trinajstić information content (AvgIpc) is 2.26. The van der Waals surface area contributed by atoms with Crippen LogP contribution >= 0.6 is 43.5 Å². The van der Waals surface area contributed by atoms with Gasteiger partial charge >= 0.3 is 0 Å². The maximum Gasteiger partial charge on any atom is 0.125 e. The largest absolute Gasteiger partial charge is 0.380 e. The second-order valence-electron chi connectivity index (χ2n) is 3.76. The van der Waals surface area contributed by atoms with E-state index in [9.17, 15) is 4.39 Å². The van der Waals surface area contributed by atoms with E-state index in [4.69, 9.17) is 11.6 Å². The number of benzene rings is 2. The highest BCUT2D eigenvalue weighted by atomic mass is 79.9. The number of anilines is 1. The third-order valence-electron chi connectivity index (χ3n) is 2.34. The second kappa shape index (κ2) is 6.04. The van der Waals surface area contributed by atoms with Crippen molar-refractivity contribution in [3.8, 4) is 0 Å². The van der Waals surface area contributed by atoms with E-state index in [1.54, 1.807) is 6.07 Å². The number of nitrogens with one attached hydrogen (secondary N) is 1. The van der Waals surface area contributed by atoms with Crippen LogP contribution in [0.4, 0.5) is 10.1 Å². The van der Waals surface area contributed by atoms with Gasteiger partial charge in [0.15, 0.2) is 0 Å². The van der Waals surface area contributed by atoms with Gasteiger partial charge in [-0.15, -0.1) is 0 Å². The zero-order chi connectivity index (χ0) is 13.1. The minimum absolute atomic E-state index is 0.325. The van der Waals surface area contributed by atoms with Crippen LogP contribution in [0.15, 0.2) is 45.3 Å². The summed E-state index contributed by atoms with van der Waals surface area (Å²) in [5, 5.41) is 3.62. The molecule has 0 atom stereocenters. The van der Waals surface area contributed by atoms with Gasteiger partial charge in [0.05, 0.1) is 0 Å². The molecule has 0 bridgehead atoms. The lowest BCUT2D eigenvalue weighted by Crippen LogP contribution is -2.00. The first-order chi connectivity index (χ1) is 8.54. The van der Waals surface area contributed by atoms with E-state index >= 15 is 0 Å². The summed E-state index contributed by atoms with van der Waals surface area (Å²) in [5.41, 5.74) is 1.74. The van der Waals surface area contributed by atoms with Gasteiger partial charge in [-0.1, -0.05) is 27.5 Å². The smallest absolute Gasteiger partial charge is 0.125 e. The molecule has 0 spiro atoms. The zero-order valence-electron chi connectivity index (χ0n) is 9.18. The van der Waals surface area contributed by atoms with Crippen LogP contribution in [0.5, 0.6) is 0 Å². The third kappa shape index (κ3) is 3.70. The van der Waals surface area contributed by atoms with Crippen LogP contribution in [-0.4, -0.2) is 0 Å². The molecule has 0 amide bonds. The molecule has 2 aromatic rings. The number of halogens is 4. The van der Waals surface area contributed by atoms with Gasteiger partial charge in [0.25, 0.3) is 0 Å². The highest BCUT2D eigenvalue weighted by molar-refractivity contribution is 9.11. The predicted octanol–water partition coefficient (Wildman–Crippen LogP) is 5.62. The van der Waals surface area contributed by atoms with Crippen molar-refractivity contribution in [3.63, 3.8) is 0 Å². The Morgan fingerprint density at radius 1 is 1.11 bits per heavy atom. The van der Waals surface area contributed by atoms with Crippen LogP contribution in [-0.2, 0) is 6.54 Å². The summed E-state index contributed by atoms with van der Waals surface area (Å²) in [6.07, 6.45) is 0. The molecule has 0 aliphatic rings. The fourth-order valence-electron chi connectivity index (χ4n) is 1.54. The van der Waals surface area contributed by atoms with Gasteiger partial charge in [-0.05, 0) is 57.9 Å². The Labute approximate surface area is 127 Å². The van der Waals surface area contributed by atoms with E-state index in [0.29, 0.717) is 11.6 Å². The van der Waals surface area contributed by atoms with Crippen molar-refractivity contribution in [1.82, 2.24) is 0 Å². The molecule has 0 saturated carbocycles. The molecule has 2 rings (SSSR count). The molecule has 0 aliphatic carbocycles. The Bertz CT molecular complexity index is 555. The first-order valence-corrected chi connectivity index (χ1v) is 7.15. The first-order valence-electron chi connectivity index (χ1n) is 5.18. The summed E-state index contributed by atoms with van der Waals surface area (Å²) in [4.78, 5) is 0. The summed E-state index contributed by atoms with van der Waals surface area (Å²) in [5.74, 6) is -0.325. The van der Waals surface area contributed by atoms with Crippen LogP contribution in [0.25, 0.3) is 0 Å². The van der Waals surface area contributed by atoms with Crippen molar-refractivity contribution in [3.05, 3.63) is 61.7 Å². The normalized spacial score (nSPS) is 10.4. The van der Waals surface area contributed by atoms with E-state index < -0.39 is 0 Å². The van der Waals surface area contributed by atoms with Gasteiger partial charge in [0.1, 0.15) is 5.82 Å². The lowest BCUT2D eigenvalue weighted by Gasteiger charge is -2.09. The monoisotopic (exact) mass is 391 g/mol. The molecule has 5 heteroatoms. The molecule has 1 N–H and O–H groups in total. The van der Waals surface area contributed by atoms with Crippen molar-refractivity contribution >= 4 is 49.1 Å². The Balaban J connectivity index is 2.11. The van der Waals surface area contributed by atoms with Crippen LogP contribution in [0, 0.1) is 5.82 Å². The molecule has 18 heavy (non-hydrogen) atoms. The van der Waals surface area contributed by atoms with Gasteiger partial charge in [0, 0.05) is 26.2 Å². The molecule has 0 unspecified atom stereocenters. The zero-order valence-corrected chi connectivity index (χ0v) is 13.1. The molecule has 0 aromatic heterocycles. The number of hydrogen-bond acceptors (Lipinski definition) is 1. The van der Waals surface area contributed by atoms with Crippen molar-refractivity contribution < 1.29 is 4.39 Å². The summed E-state index contributed by atoms with van der Waals surface area (Å²) in [6, 6.07) is 10.3. The molecule has 1 nitrogen and oxygen atoms in total. The number of rotatable bonds is 3. The molecule has 0 radical (unpaired) electrons. The summed E-state index contributed by atoms with van der Waals surface area (Å²) in [7, 11) is 0. The molecule has 0 fully saturated rings. The maximum atomic E-state index is 13.2. The Morgan fingerprint density at radius 3 is 2.56 bits per heavy atom. The standard InChI is InChI=1S/C13H9Br2ClFN/c14-9-1-2-13(12(15)5-9)18-7-8-3-10(16)6-11(17)4-8/h1-6,18H,7H2. The molecule has 94 valence electrons. The quantitative estimate of drug-likeness (QED) is 0.714. The van der Waals surface area contributed by atoms with E-state index in [1.807, 2.05) is 18.2 Å². The van der Waals surface area contributed by atoms with Gasteiger partial charge in [-0.2, -0.15) is 0 Å².